The maximum atomic E-state index is 13.5. The lowest BCUT2D eigenvalue weighted by atomic mass is 10.1. The number of aromatic nitrogens is 1. The minimum atomic E-state index is -0.368. The van der Waals surface area contributed by atoms with Crippen LogP contribution >= 0.6 is 11.3 Å². The summed E-state index contributed by atoms with van der Waals surface area (Å²) >= 11 is 1.29. The molecule has 1 aromatic carbocycles. The van der Waals surface area contributed by atoms with Gasteiger partial charge in [0, 0.05) is 30.0 Å². The van der Waals surface area contributed by atoms with E-state index in [-0.39, 0.29) is 17.8 Å². The molecule has 1 fully saturated rings. The molecule has 128 valence electrons. The van der Waals surface area contributed by atoms with Crippen LogP contribution in [0.5, 0.6) is 5.75 Å². The smallest absolute Gasteiger partial charge is 0.227 e. The van der Waals surface area contributed by atoms with Crippen molar-refractivity contribution < 1.29 is 18.7 Å². The minimum absolute atomic E-state index is 0.0153. The number of nitrogens with one attached hydrogen (secondary N) is 2. The molecular weight excluding hydrogens is 333 g/mol. The normalized spacial score (nSPS) is 17.5. The minimum Gasteiger partial charge on any atom is -0.496 e. The molecule has 1 amide bonds. The maximum absolute atomic E-state index is 13.5. The standard InChI is InChI=1S/C16H18FN3O3S/c1-22-14-3-2-10(17)6-12(14)13-9-24-16(19-13)20-15(21)7-11-8-23-5-4-18-11/h2-3,6,9,11,18H,4-5,7-8H2,1H3,(H,19,20,21). The Hall–Kier alpha value is -2.03. The van der Waals surface area contributed by atoms with Crippen molar-refractivity contribution in [2.24, 2.45) is 0 Å². The number of amides is 1. The van der Waals surface area contributed by atoms with E-state index < -0.39 is 0 Å². The van der Waals surface area contributed by atoms with E-state index in [0.29, 0.717) is 41.8 Å². The molecular formula is C16H18FN3O3S. The molecule has 8 heteroatoms. The van der Waals surface area contributed by atoms with E-state index in [1.807, 2.05) is 0 Å². The molecule has 1 aliphatic heterocycles. The third-order valence-corrected chi connectivity index (χ3v) is 4.38. The van der Waals surface area contributed by atoms with E-state index in [9.17, 15) is 9.18 Å². The summed E-state index contributed by atoms with van der Waals surface area (Å²) in [6.45, 7) is 1.94. The van der Waals surface area contributed by atoms with Crippen molar-refractivity contribution >= 4 is 22.4 Å². The lowest BCUT2D eigenvalue weighted by Crippen LogP contribution is -2.43. The van der Waals surface area contributed by atoms with Gasteiger partial charge < -0.3 is 20.1 Å². The van der Waals surface area contributed by atoms with Gasteiger partial charge in [-0.3, -0.25) is 4.79 Å². The fourth-order valence-corrected chi connectivity index (χ4v) is 3.21. The van der Waals surface area contributed by atoms with Crippen molar-refractivity contribution in [2.45, 2.75) is 12.5 Å². The second-order valence-electron chi connectivity index (χ2n) is 5.36. The van der Waals surface area contributed by atoms with Gasteiger partial charge in [0.05, 0.1) is 26.0 Å². The molecule has 0 bridgehead atoms. The molecule has 2 heterocycles. The Morgan fingerprint density at radius 2 is 2.46 bits per heavy atom. The third kappa shape index (κ3) is 4.08. The molecule has 24 heavy (non-hydrogen) atoms. The number of anilines is 1. The van der Waals surface area contributed by atoms with Gasteiger partial charge in [-0.1, -0.05) is 0 Å². The first kappa shape index (κ1) is 16.8. The maximum Gasteiger partial charge on any atom is 0.227 e. The summed E-state index contributed by atoms with van der Waals surface area (Å²) < 4.78 is 24.0. The second-order valence-corrected chi connectivity index (χ2v) is 6.22. The first-order chi connectivity index (χ1) is 11.7. The van der Waals surface area contributed by atoms with E-state index >= 15 is 0 Å². The predicted molar refractivity (Wildman–Crippen MR) is 89.9 cm³/mol. The monoisotopic (exact) mass is 351 g/mol. The van der Waals surface area contributed by atoms with Crippen LogP contribution in [0.4, 0.5) is 9.52 Å². The largest absolute Gasteiger partial charge is 0.496 e. The van der Waals surface area contributed by atoms with Crippen LogP contribution in [0.1, 0.15) is 6.42 Å². The third-order valence-electron chi connectivity index (χ3n) is 3.62. The number of thiazole rings is 1. The number of ether oxygens (including phenoxy) is 2. The highest BCUT2D eigenvalue weighted by molar-refractivity contribution is 7.14. The molecule has 2 aromatic rings. The predicted octanol–water partition coefficient (Wildman–Crippen LogP) is 2.27. The summed E-state index contributed by atoms with van der Waals surface area (Å²) in [4.78, 5) is 16.4. The zero-order valence-electron chi connectivity index (χ0n) is 13.2. The Morgan fingerprint density at radius 3 is 3.21 bits per heavy atom. The van der Waals surface area contributed by atoms with Crippen LogP contribution < -0.4 is 15.4 Å². The van der Waals surface area contributed by atoms with Crippen LogP contribution in [0.3, 0.4) is 0 Å². The van der Waals surface area contributed by atoms with Crippen molar-refractivity contribution in [3.05, 3.63) is 29.4 Å². The highest BCUT2D eigenvalue weighted by Gasteiger charge is 2.18. The summed E-state index contributed by atoms with van der Waals surface area (Å²) in [5.41, 5.74) is 1.11. The molecule has 0 radical (unpaired) electrons. The molecule has 1 atom stereocenters. The number of benzene rings is 1. The molecule has 3 rings (SSSR count). The molecule has 1 aliphatic rings. The molecule has 1 unspecified atom stereocenters. The van der Waals surface area contributed by atoms with Crippen LogP contribution in [-0.4, -0.2) is 43.8 Å². The van der Waals surface area contributed by atoms with Gasteiger partial charge in [-0.15, -0.1) is 11.3 Å². The molecule has 0 saturated carbocycles. The van der Waals surface area contributed by atoms with Gasteiger partial charge in [0.25, 0.3) is 0 Å². The van der Waals surface area contributed by atoms with Crippen LogP contribution in [-0.2, 0) is 9.53 Å². The van der Waals surface area contributed by atoms with Crippen LogP contribution in [0.25, 0.3) is 11.3 Å². The number of halogens is 1. The molecule has 1 saturated heterocycles. The van der Waals surface area contributed by atoms with Crippen molar-refractivity contribution in [2.75, 3.05) is 32.2 Å². The van der Waals surface area contributed by atoms with Gasteiger partial charge in [0.2, 0.25) is 5.91 Å². The van der Waals surface area contributed by atoms with Crippen molar-refractivity contribution in [3.8, 4) is 17.0 Å². The number of methoxy groups -OCH3 is 1. The summed E-state index contributed by atoms with van der Waals surface area (Å²) in [5, 5.41) is 8.23. The fourth-order valence-electron chi connectivity index (χ4n) is 2.48. The van der Waals surface area contributed by atoms with Crippen LogP contribution in [0, 0.1) is 5.82 Å². The van der Waals surface area contributed by atoms with E-state index in [1.165, 1.54) is 30.6 Å². The SMILES string of the molecule is COc1ccc(F)cc1-c1csc(NC(=O)CC2COCCN2)n1. The molecule has 6 nitrogen and oxygen atoms in total. The van der Waals surface area contributed by atoms with Crippen molar-refractivity contribution in [3.63, 3.8) is 0 Å². The number of carbonyl (C=O) groups is 1. The number of rotatable bonds is 5. The average Bonchev–Trinajstić information content (AvgIpc) is 3.04. The highest BCUT2D eigenvalue weighted by atomic mass is 32.1. The van der Waals surface area contributed by atoms with E-state index in [2.05, 4.69) is 15.6 Å². The number of nitrogens with zero attached hydrogens (tertiary/aromatic N) is 1. The van der Waals surface area contributed by atoms with Gasteiger partial charge in [0.15, 0.2) is 5.13 Å². The van der Waals surface area contributed by atoms with E-state index in [0.717, 1.165) is 6.54 Å². The Morgan fingerprint density at radius 1 is 1.58 bits per heavy atom. The quantitative estimate of drug-likeness (QED) is 0.865. The van der Waals surface area contributed by atoms with Gasteiger partial charge in [-0.2, -0.15) is 0 Å². The fraction of sp³-hybridized carbons (Fsp3) is 0.375. The highest BCUT2D eigenvalue weighted by Crippen LogP contribution is 2.32. The number of morpholine rings is 1. The lowest BCUT2D eigenvalue weighted by molar-refractivity contribution is -0.117. The van der Waals surface area contributed by atoms with Crippen molar-refractivity contribution in [1.29, 1.82) is 0 Å². The Kier molecular flexibility index (Phi) is 5.39. The summed E-state index contributed by atoms with van der Waals surface area (Å²) in [5.74, 6) is 0.0287. The topological polar surface area (TPSA) is 72.5 Å². The average molecular weight is 351 g/mol. The van der Waals surface area contributed by atoms with Crippen LogP contribution in [0.15, 0.2) is 23.6 Å². The Balaban J connectivity index is 1.67. The first-order valence-electron chi connectivity index (χ1n) is 7.56. The second kappa shape index (κ2) is 7.69. The summed E-state index contributed by atoms with van der Waals surface area (Å²) in [6, 6.07) is 4.26. The number of carbonyl (C=O) groups excluding carboxylic acids is 1. The van der Waals surface area contributed by atoms with Crippen molar-refractivity contribution in [1.82, 2.24) is 10.3 Å². The molecule has 1 aromatic heterocycles. The summed E-state index contributed by atoms with van der Waals surface area (Å²) in [6.07, 6.45) is 0.318. The first-order valence-corrected chi connectivity index (χ1v) is 8.44. The number of hydrogen-bond acceptors (Lipinski definition) is 6. The zero-order valence-corrected chi connectivity index (χ0v) is 14.0. The Bertz CT molecular complexity index is 716. The molecule has 0 spiro atoms. The summed E-state index contributed by atoms with van der Waals surface area (Å²) in [7, 11) is 1.52. The van der Waals surface area contributed by atoms with Gasteiger partial charge in [-0.05, 0) is 18.2 Å². The van der Waals surface area contributed by atoms with Gasteiger partial charge >= 0.3 is 0 Å². The van der Waals surface area contributed by atoms with Gasteiger partial charge in [-0.25, -0.2) is 9.37 Å². The van der Waals surface area contributed by atoms with Crippen LogP contribution in [0.2, 0.25) is 0 Å². The molecule has 0 aliphatic carbocycles. The van der Waals surface area contributed by atoms with E-state index in [1.54, 1.807) is 11.4 Å². The lowest BCUT2D eigenvalue weighted by Gasteiger charge is -2.22. The Labute approximate surface area is 143 Å². The zero-order chi connectivity index (χ0) is 16.9. The number of hydrogen-bond donors (Lipinski definition) is 2. The van der Waals surface area contributed by atoms with Gasteiger partial charge in [0.1, 0.15) is 11.6 Å². The molecule has 2 N–H and O–H groups in total. The van der Waals surface area contributed by atoms with E-state index in [4.69, 9.17) is 9.47 Å².